The maximum atomic E-state index is 12.7. The van der Waals surface area contributed by atoms with Crippen molar-refractivity contribution in [2.24, 2.45) is 0 Å². The lowest BCUT2D eigenvalue weighted by molar-refractivity contribution is -0.129. The molecule has 2 aromatic carbocycles. The molecule has 0 aliphatic heterocycles. The third kappa shape index (κ3) is 5.30. The zero-order valence-corrected chi connectivity index (χ0v) is 17.6. The number of anilines is 1. The summed E-state index contributed by atoms with van der Waals surface area (Å²) >= 11 is 7.54. The van der Waals surface area contributed by atoms with Gasteiger partial charge >= 0.3 is 0 Å². The van der Waals surface area contributed by atoms with Crippen molar-refractivity contribution in [3.05, 3.63) is 59.1 Å². The topological polar surface area (TPSA) is 49.4 Å². The molecule has 0 spiro atoms. The molecular weight excluding hydrogens is 392 g/mol. The number of nitrogens with one attached hydrogen (secondary N) is 1. The van der Waals surface area contributed by atoms with Crippen LogP contribution in [0, 0.1) is 0 Å². The number of hydrogen-bond acceptors (Lipinski definition) is 3. The van der Waals surface area contributed by atoms with E-state index in [4.69, 9.17) is 11.6 Å². The summed E-state index contributed by atoms with van der Waals surface area (Å²) in [6.45, 7) is 0. The van der Waals surface area contributed by atoms with Gasteiger partial charge in [-0.2, -0.15) is 0 Å². The predicted octanol–water partition coefficient (Wildman–Crippen LogP) is 5.48. The zero-order chi connectivity index (χ0) is 19.9. The Morgan fingerprint density at radius 2 is 1.75 bits per heavy atom. The van der Waals surface area contributed by atoms with Crippen LogP contribution in [-0.2, 0) is 4.79 Å². The van der Waals surface area contributed by atoms with Gasteiger partial charge in [0.15, 0.2) is 0 Å². The largest absolute Gasteiger partial charge is 0.342 e. The molecular formula is C22H25ClN2O2S. The summed E-state index contributed by atoms with van der Waals surface area (Å²) in [6, 6.07) is 14.8. The van der Waals surface area contributed by atoms with Crippen LogP contribution in [0.15, 0.2) is 53.4 Å². The van der Waals surface area contributed by atoms with Gasteiger partial charge in [0.2, 0.25) is 5.91 Å². The van der Waals surface area contributed by atoms with E-state index in [1.807, 2.05) is 42.3 Å². The molecule has 0 saturated heterocycles. The highest BCUT2D eigenvalue weighted by Crippen LogP contribution is 2.27. The van der Waals surface area contributed by atoms with E-state index in [-0.39, 0.29) is 11.8 Å². The molecule has 0 radical (unpaired) electrons. The fourth-order valence-electron chi connectivity index (χ4n) is 3.45. The third-order valence-electron chi connectivity index (χ3n) is 5.12. The molecule has 0 bridgehead atoms. The van der Waals surface area contributed by atoms with Crippen molar-refractivity contribution in [1.82, 2.24) is 4.90 Å². The van der Waals surface area contributed by atoms with E-state index in [0.717, 1.165) is 17.7 Å². The van der Waals surface area contributed by atoms with Crippen LogP contribution in [0.4, 0.5) is 5.69 Å². The van der Waals surface area contributed by atoms with Crippen molar-refractivity contribution in [1.29, 1.82) is 0 Å². The minimum absolute atomic E-state index is 0.109. The van der Waals surface area contributed by atoms with E-state index in [0.29, 0.717) is 28.1 Å². The van der Waals surface area contributed by atoms with Crippen LogP contribution >= 0.6 is 23.4 Å². The van der Waals surface area contributed by atoms with E-state index < -0.39 is 0 Å². The lowest BCUT2D eigenvalue weighted by atomic mass is 9.94. The van der Waals surface area contributed by atoms with Crippen LogP contribution < -0.4 is 5.32 Å². The van der Waals surface area contributed by atoms with Gasteiger partial charge in [0.05, 0.1) is 22.0 Å². The Bertz CT molecular complexity index is 837. The van der Waals surface area contributed by atoms with Crippen molar-refractivity contribution in [2.45, 2.75) is 43.0 Å². The van der Waals surface area contributed by atoms with Gasteiger partial charge in [-0.3, -0.25) is 9.59 Å². The first-order valence-electron chi connectivity index (χ1n) is 9.59. The van der Waals surface area contributed by atoms with Gasteiger partial charge in [-0.15, -0.1) is 11.8 Å². The van der Waals surface area contributed by atoms with Crippen molar-refractivity contribution in [3.8, 4) is 0 Å². The summed E-state index contributed by atoms with van der Waals surface area (Å²) < 4.78 is 0. The average molecular weight is 417 g/mol. The second-order valence-corrected chi connectivity index (χ2v) is 8.44. The highest BCUT2D eigenvalue weighted by Gasteiger charge is 2.22. The van der Waals surface area contributed by atoms with Gasteiger partial charge in [-0.25, -0.2) is 0 Å². The number of para-hydroxylation sites is 1. The van der Waals surface area contributed by atoms with Crippen molar-refractivity contribution in [2.75, 3.05) is 18.1 Å². The minimum Gasteiger partial charge on any atom is -0.342 e. The second-order valence-electron chi connectivity index (χ2n) is 7.02. The zero-order valence-electron chi connectivity index (χ0n) is 16.0. The maximum Gasteiger partial charge on any atom is 0.256 e. The highest BCUT2D eigenvalue weighted by atomic mass is 35.5. The molecule has 0 heterocycles. The first kappa shape index (κ1) is 20.7. The van der Waals surface area contributed by atoms with Crippen molar-refractivity contribution >= 4 is 40.9 Å². The van der Waals surface area contributed by atoms with E-state index in [1.165, 1.54) is 31.0 Å². The van der Waals surface area contributed by atoms with Crippen LogP contribution in [0.5, 0.6) is 0 Å². The monoisotopic (exact) mass is 416 g/mol. The first-order valence-corrected chi connectivity index (χ1v) is 11.0. The molecule has 2 amide bonds. The maximum absolute atomic E-state index is 12.7. The van der Waals surface area contributed by atoms with Crippen molar-refractivity contribution in [3.63, 3.8) is 0 Å². The molecule has 1 saturated carbocycles. The number of amides is 2. The number of nitrogens with zero attached hydrogens (tertiary/aromatic N) is 1. The van der Waals surface area contributed by atoms with Gasteiger partial charge in [-0.05, 0) is 37.1 Å². The Balaban J connectivity index is 1.64. The van der Waals surface area contributed by atoms with Gasteiger partial charge < -0.3 is 10.2 Å². The molecule has 0 aromatic heterocycles. The molecule has 1 aliphatic carbocycles. The van der Waals surface area contributed by atoms with E-state index in [2.05, 4.69) is 5.32 Å². The van der Waals surface area contributed by atoms with Gasteiger partial charge in [-0.1, -0.05) is 55.1 Å². The third-order valence-corrected chi connectivity index (χ3v) is 6.51. The summed E-state index contributed by atoms with van der Waals surface area (Å²) in [5, 5.41) is 3.34. The molecule has 3 rings (SSSR count). The predicted molar refractivity (Wildman–Crippen MR) is 116 cm³/mol. The molecule has 0 unspecified atom stereocenters. The van der Waals surface area contributed by atoms with Crippen LogP contribution in [0.25, 0.3) is 0 Å². The summed E-state index contributed by atoms with van der Waals surface area (Å²) in [6.07, 6.45) is 5.83. The Hall–Kier alpha value is -1.98. The van der Waals surface area contributed by atoms with Crippen LogP contribution in [0.1, 0.15) is 42.5 Å². The molecule has 6 heteroatoms. The number of carbonyl (C=O) groups excluding carboxylic acids is 2. The molecule has 1 aliphatic rings. The highest BCUT2D eigenvalue weighted by molar-refractivity contribution is 8.00. The summed E-state index contributed by atoms with van der Waals surface area (Å²) in [4.78, 5) is 28.0. The number of hydrogen-bond donors (Lipinski definition) is 1. The van der Waals surface area contributed by atoms with Gasteiger partial charge in [0.25, 0.3) is 5.91 Å². The Labute approximate surface area is 175 Å². The molecule has 1 N–H and O–H groups in total. The lowest BCUT2D eigenvalue weighted by Crippen LogP contribution is -2.39. The van der Waals surface area contributed by atoms with E-state index >= 15 is 0 Å². The minimum atomic E-state index is -0.232. The Kier molecular flexibility index (Phi) is 7.40. The quantitative estimate of drug-likeness (QED) is 0.634. The summed E-state index contributed by atoms with van der Waals surface area (Å²) in [5.74, 6) is 0.200. The molecule has 0 atom stereocenters. The second kappa shape index (κ2) is 9.99. The van der Waals surface area contributed by atoms with Crippen LogP contribution in [-0.4, -0.2) is 35.6 Å². The fourth-order valence-corrected chi connectivity index (χ4v) is 4.60. The SMILES string of the molecule is CN(C(=O)CSc1ccccc1C(=O)Nc1ccccc1Cl)C1CCCCC1. The normalized spacial score (nSPS) is 14.5. The summed E-state index contributed by atoms with van der Waals surface area (Å²) in [7, 11) is 1.90. The van der Waals surface area contributed by atoms with E-state index in [1.54, 1.807) is 18.2 Å². The number of thioether (sulfide) groups is 1. The molecule has 28 heavy (non-hydrogen) atoms. The first-order chi connectivity index (χ1) is 13.6. The molecule has 4 nitrogen and oxygen atoms in total. The van der Waals surface area contributed by atoms with Crippen molar-refractivity contribution < 1.29 is 9.59 Å². The number of rotatable bonds is 6. The number of benzene rings is 2. The van der Waals surface area contributed by atoms with Crippen LogP contribution in [0.3, 0.4) is 0 Å². The summed E-state index contributed by atoms with van der Waals surface area (Å²) in [5.41, 5.74) is 1.11. The fraction of sp³-hybridized carbons (Fsp3) is 0.364. The molecule has 1 fully saturated rings. The molecule has 2 aromatic rings. The smallest absolute Gasteiger partial charge is 0.256 e. The number of halogens is 1. The standard InChI is InChI=1S/C22H25ClN2O2S/c1-25(16-9-3-2-4-10-16)21(26)15-28-20-14-8-5-11-17(20)22(27)24-19-13-7-6-12-18(19)23/h5-8,11-14,16H,2-4,9-10,15H2,1H3,(H,24,27). The Morgan fingerprint density at radius 3 is 2.50 bits per heavy atom. The molecule has 148 valence electrons. The number of carbonyl (C=O) groups is 2. The Morgan fingerprint density at radius 1 is 1.07 bits per heavy atom. The van der Waals surface area contributed by atoms with Gasteiger partial charge in [0, 0.05) is 18.0 Å². The van der Waals surface area contributed by atoms with Crippen LogP contribution in [0.2, 0.25) is 5.02 Å². The van der Waals surface area contributed by atoms with E-state index in [9.17, 15) is 9.59 Å². The average Bonchev–Trinajstić information content (AvgIpc) is 2.74. The lowest BCUT2D eigenvalue weighted by Gasteiger charge is -2.31. The van der Waals surface area contributed by atoms with Gasteiger partial charge in [0.1, 0.15) is 0 Å².